The van der Waals surface area contributed by atoms with Crippen molar-refractivity contribution in [2.45, 2.75) is 42.9 Å². The SMILES string of the molecule is O=S(=O)(Nc1ccn[nH]1)c1ccc(C2CCCCC2)cc1. The van der Waals surface area contributed by atoms with Gasteiger partial charge in [0.05, 0.1) is 11.1 Å². The molecule has 0 amide bonds. The number of rotatable bonds is 4. The standard InChI is InChI=1S/C15H19N3O2S/c19-21(20,18-15-10-11-16-17-15)14-8-6-13(7-9-14)12-4-2-1-3-5-12/h6-12H,1-5H2,(H2,16,17,18). The number of sulfonamides is 1. The zero-order chi connectivity index (χ0) is 14.7. The number of aromatic amines is 1. The van der Waals surface area contributed by atoms with E-state index in [1.54, 1.807) is 18.2 Å². The molecular formula is C15H19N3O2S. The van der Waals surface area contributed by atoms with E-state index in [2.05, 4.69) is 14.9 Å². The first kappa shape index (κ1) is 14.1. The molecule has 5 nitrogen and oxygen atoms in total. The average molecular weight is 305 g/mol. The Morgan fingerprint density at radius 3 is 2.38 bits per heavy atom. The van der Waals surface area contributed by atoms with E-state index in [0.29, 0.717) is 11.7 Å². The molecule has 1 saturated carbocycles. The van der Waals surface area contributed by atoms with Gasteiger partial charge in [-0.05, 0) is 36.5 Å². The largest absolute Gasteiger partial charge is 0.264 e. The van der Waals surface area contributed by atoms with Crippen molar-refractivity contribution in [3.8, 4) is 0 Å². The number of benzene rings is 1. The fourth-order valence-electron chi connectivity index (χ4n) is 2.87. The summed E-state index contributed by atoms with van der Waals surface area (Å²) in [5, 5.41) is 6.31. The Morgan fingerprint density at radius 1 is 1.05 bits per heavy atom. The van der Waals surface area contributed by atoms with Gasteiger partial charge in [0.1, 0.15) is 5.82 Å². The van der Waals surface area contributed by atoms with Gasteiger partial charge in [-0.1, -0.05) is 31.4 Å². The van der Waals surface area contributed by atoms with Crippen LogP contribution in [0.3, 0.4) is 0 Å². The van der Waals surface area contributed by atoms with Gasteiger partial charge in [-0.25, -0.2) is 8.42 Å². The quantitative estimate of drug-likeness (QED) is 0.910. The van der Waals surface area contributed by atoms with E-state index in [9.17, 15) is 8.42 Å². The van der Waals surface area contributed by atoms with E-state index >= 15 is 0 Å². The summed E-state index contributed by atoms with van der Waals surface area (Å²) < 4.78 is 26.9. The highest BCUT2D eigenvalue weighted by Gasteiger charge is 2.18. The van der Waals surface area contributed by atoms with E-state index in [1.165, 1.54) is 43.9 Å². The van der Waals surface area contributed by atoms with Crippen LogP contribution in [0.2, 0.25) is 0 Å². The molecular weight excluding hydrogens is 286 g/mol. The minimum Gasteiger partial charge on any atom is -0.264 e. The number of hydrogen-bond donors (Lipinski definition) is 2. The smallest absolute Gasteiger partial charge is 0.263 e. The molecule has 0 saturated heterocycles. The maximum atomic E-state index is 12.2. The maximum Gasteiger partial charge on any atom is 0.263 e. The third-order valence-corrected chi connectivity index (χ3v) is 5.39. The average Bonchev–Trinajstić information content (AvgIpc) is 3.00. The van der Waals surface area contributed by atoms with Crippen LogP contribution in [0.15, 0.2) is 41.4 Å². The summed E-state index contributed by atoms with van der Waals surface area (Å²) in [6.45, 7) is 0. The molecule has 0 atom stereocenters. The number of hydrogen-bond acceptors (Lipinski definition) is 3. The van der Waals surface area contributed by atoms with Crippen molar-refractivity contribution >= 4 is 15.8 Å². The summed E-state index contributed by atoms with van der Waals surface area (Å²) in [4.78, 5) is 0.275. The van der Waals surface area contributed by atoms with Crippen LogP contribution >= 0.6 is 0 Å². The Hall–Kier alpha value is -1.82. The number of aromatic nitrogens is 2. The Bertz CT molecular complexity index is 672. The second kappa shape index (κ2) is 5.89. The Kier molecular flexibility index (Phi) is 3.96. The second-order valence-electron chi connectivity index (χ2n) is 5.48. The van der Waals surface area contributed by atoms with Crippen LogP contribution in [0.4, 0.5) is 5.82 Å². The molecule has 0 aliphatic heterocycles. The summed E-state index contributed by atoms with van der Waals surface area (Å²) in [6, 6.07) is 8.83. The number of H-pyrrole nitrogens is 1. The van der Waals surface area contributed by atoms with Crippen molar-refractivity contribution in [1.82, 2.24) is 10.2 Å². The lowest BCUT2D eigenvalue weighted by atomic mass is 9.84. The van der Waals surface area contributed by atoms with Crippen molar-refractivity contribution in [2.24, 2.45) is 0 Å². The predicted molar refractivity (Wildman–Crippen MR) is 81.7 cm³/mol. The van der Waals surface area contributed by atoms with Crippen molar-refractivity contribution in [3.63, 3.8) is 0 Å². The Labute approximate surface area is 124 Å². The van der Waals surface area contributed by atoms with Crippen LogP contribution in [0.25, 0.3) is 0 Å². The molecule has 0 bridgehead atoms. The van der Waals surface area contributed by atoms with E-state index in [4.69, 9.17) is 0 Å². The normalized spacial score (nSPS) is 16.8. The van der Waals surface area contributed by atoms with Gasteiger partial charge in [0.25, 0.3) is 10.0 Å². The van der Waals surface area contributed by atoms with Crippen molar-refractivity contribution in [2.75, 3.05) is 4.72 Å². The minimum absolute atomic E-state index is 0.275. The minimum atomic E-state index is -3.55. The van der Waals surface area contributed by atoms with Crippen LogP contribution in [-0.2, 0) is 10.0 Å². The molecule has 6 heteroatoms. The lowest BCUT2D eigenvalue weighted by Gasteiger charge is -2.22. The summed E-state index contributed by atoms with van der Waals surface area (Å²) >= 11 is 0. The summed E-state index contributed by atoms with van der Waals surface area (Å²) in [5.74, 6) is 0.947. The molecule has 112 valence electrons. The first-order valence-electron chi connectivity index (χ1n) is 7.27. The van der Waals surface area contributed by atoms with Gasteiger partial charge < -0.3 is 0 Å². The molecule has 2 aromatic rings. The van der Waals surface area contributed by atoms with Crippen molar-refractivity contribution < 1.29 is 8.42 Å². The van der Waals surface area contributed by atoms with E-state index in [-0.39, 0.29) is 4.90 Å². The van der Waals surface area contributed by atoms with Crippen molar-refractivity contribution in [3.05, 3.63) is 42.1 Å². The lowest BCUT2D eigenvalue weighted by molar-refractivity contribution is 0.443. The molecule has 0 spiro atoms. The number of nitrogens with one attached hydrogen (secondary N) is 2. The molecule has 1 fully saturated rings. The van der Waals surface area contributed by atoms with Crippen LogP contribution in [0.1, 0.15) is 43.6 Å². The van der Waals surface area contributed by atoms with Gasteiger partial charge in [0.15, 0.2) is 0 Å². The first-order chi connectivity index (χ1) is 10.1. The molecule has 1 aromatic heterocycles. The predicted octanol–water partition coefficient (Wildman–Crippen LogP) is 3.26. The lowest BCUT2D eigenvalue weighted by Crippen LogP contribution is -2.13. The monoisotopic (exact) mass is 305 g/mol. The van der Waals surface area contributed by atoms with Gasteiger partial charge in [-0.15, -0.1) is 0 Å². The van der Waals surface area contributed by atoms with Crippen LogP contribution < -0.4 is 4.72 Å². The summed E-state index contributed by atoms with van der Waals surface area (Å²) in [6.07, 6.45) is 7.77. The van der Waals surface area contributed by atoms with Gasteiger partial charge in [-0.3, -0.25) is 9.82 Å². The fraction of sp³-hybridized carbons (Fsp3) is 0.400. The topological polar surface area (TPSA) is 74.8 Å². The molecule has 0 radical (unpaired) electrons. The van der Waals surface area contributed by atoms with Crippen LogP contribution in [-0.4, -0.2) is 18.6 Å². The molecule has 1 heterocycles. The van der Waals surface area contributed by atoms with Crippen LogP contribution in [0, 0.1) is 0 Å². The van der Waals surface area contributed by atoms with Crippen molar-refractivity contribution in [1.29, 1.82) is 0 Å². The molecule has 1 aliphatic carbocycles. The third-order valence-electron chi connectivity index (χ3n) is 4.01. The van der Waals surface area contributed by atoms with E-state index < -0.39 is 10.0 Å². The highest BCUT2D eigenvalue weighted by molar-refractivity contribution is 7.92. The highest BCUT2D eigenvalue weighted by Crippen LogP contribution is 2.32. The third kappa shape index (κ3) is 3.26. The molecule has 21 heavy (non-hydrogen) atoms. The van der Waals surface area contributed by atoms with Gasteiger partial charge >= 0.3 is 0 Å². The molecule has 1 aliphatic rings. The van der Waals surface area contributed by atoms with Gasteiger partial charge in [0.2, 0.25) is 0 Å². The molecule has 2 N–H and O–H groups in total. The molecule has 1 aromatic carbocycles. The zero-order valence-electron chi connectivity index (χ0n) is 11.7. The Balaban J connectivity index is 1.76. The van der Waals surface area contributed by atoms with E-state index in [1.807, 2.05) is 12.1 Å². The van der Waals surface area contributed by atoms with Gasteiger partial charge in [0, 0.05) is 6.07 Å². The zero-order valence-corrected chi connectivity index (χ0v) is 12.6. The van der Waals surface area contributed by atoms with Crippen LogP contribution in [0.5, 0.6) is 0 Å². The number of nitrogens with zero attached hydrogens (tertiary/aromatic N) is 1. The molecule has 3 rings (SSSR count). The second-order valence-corrected chi connectivity index (χ2v) is 7.16. The number of anilines is 1. The van der Waals surface area contributed by atoms with E-state index in [0.717, 1.165) is 0 Å². The summed E-state index contributed by atoms with van der Waals surface area (Å²) in [5.41, 5.74) is 1.25. The Morgan fingerprint density at radius 2 is 1.76 bits per heavy atom. The first-order valence-corrected chi connectivity index (χ1v) is 8.76. The molecule has 0 unspecified atom stereocenters. The highest BCUT2D eigenvalue weighted by atomic mass is 32.2. The maximum absolute atomic E-state index is 12.2. The fourth-order valence-corrected chi connectivity index (χ4v) is 3.89. The summed E-state index contributed by atoms with van der Waals surface area (Å²) in [7, 11) is -3.55. The van der Waals surface area contributed by atoms with Gasteiger partial charge in [-0.2, -0.15) is 5.10 Å².